The van der Waals surface area contributed by atoms with E-state index in [9.17, 15) is 0 Å². The first-order valence-corrected chi connectivity index (χ1v) is 4.45. The van der Waals surface area contributed by atoms with E-state index in [-0.39, 0.29) is 13.4 Å². The van der Waals surface area contributed by atoms with Gasteiger partial charge in [0.15, 0.2) is 0 Å². The van der Waals surface area contributed by atoms with Crippen LogP contribution < -0.4 is 4.74 Å². The molecule has 0 amide bonds. The van der Waals surface area contributed by atoms with Gasteiger partial charge in [-0.25, -0.2) is 4.98 Å². The number of nitrogens with zero attached hydrogens (tertiary/aromatic N) is 1. The van der Waals surface area contributed by atoms with E-state index >= 15 is 0 Å². The molecule has 1 N–H and O–H groups in total. The Bertz CT molecular complexity index is 280. The van der Waals surface area contributed by atoms with Crippen LogP contribution in [-0.2, 0) is 11.3 Å². The third-order valence-electron chi connectivity index (χ3n) is 1.43. The van der Waals surface area contributed by atoms with Crippen molar-refractivity contribution in [1.82, 2.24) is 4.98 Å². The van der Waals surface area contributed by atoms with Crippen LogP contribution in [0.5, 0.6) is 5.88 Å². The van der Waals surface area contributed by atoms with Gasteiger partial charge in [0.2, 0.25) is 5.88 Å². The average molecular weight is 248 g/mol. The highest BCUT2D eigenvalue weighted by Gasteiger charge is 2.03. The van der Waals surface area contributed by atoms with Gasteiger partial charge in [0, 0.05) is 10.5 Å². The molecule has 1 rings (SSSR count). The maximum absolute atomic E-state index is 8.45. The molecule has 4 nitrogen and oxygen atoms in total. The molecular formula is C8H10BrNO3. The van der Waals surface area contributed by atoms with Crippen molar-refractivity contribution in [3.8, 4) is 5.88 Å². The number of methoxy groups -OCH3 is 1. The molecule has 0 spiro atoms. The molecule has 0 radical (unpaired) electrons. The maximum atomic E-state index is 8.45. The highest BCUT2D eigenvalue weighted by atomic mass is 79.9. The van der Waals surface area contributed by atoms with E-state index in [0.29, 0.717) is 11.6 Å². The number of pyridine rings is 1. The van der Waals surface area contributed by atoms with E-state index in [4.69, 9.17) is 14.6 Å². The van der Waals surface area contributed by atoms with Gasteiger partial charge in [-0.15, -0.1) is 0 Å². The maximum Gasteiger partial charge on any atom is 0.213 e. The Morgan fingerprint density at radius 3 is 2.92 bits per heavy atom. The second-order valence-corrected chi connectivity index (χ2v) is 3.11. The van der Waals surface area contributed by atoms with Crippen LogP contribution in [-0.4, -0.2) is 24.0 Å². The fourth-order valence-corrected chi connectivity index (χ4v) is 1.16. The Morgan fingerprint density at radius 2 is 2.31 bits per heavy atom. The van der Waals surface area contributed by atoms with Crippen molar-refractivity contribution in [2.75, 3.05) is 13.9 Å². The Hall–Kier alpha value is -0.650. The van der Waals surface area contributed by atoms with Gasteiger partial charge in [0.1, 0.15) is 6.79 Å². The van der Waals surface area contributed by atoms with Crippen molar-refractivity contribution in [2.24, 2.45) is 0 Å². The van der Waals surface area contributed by atoms with Gasteiger partial charge in [0.05, 0.1) is 19.4 Å². The van der Waals surface area contributed by atoms with Crippen molar-refractivity contribution >= 4 is 15.9 Å². The highest BCUT2D eigenvalue weighted by Crippen LogP contribution is 2.18. The van der Waals surface area contributed by atoms with Crippen molar-refractivity contribution in [2.45, 2.75) is 6.61 Å². The summed E-state index contributed by atoms with van der Waals surface area (Å²) in [7, 11) is 1.55. The first-order chi connectivity index (χ1) is 6.27. The Morgan fingerprint density at radius 1 is 1.54 bits per heavy atom. The second kappa shape index (κ2) is 5.16. The number of aromatic nitrogens is 1. The van der Waals surface area contributed by atoms with Crippen LogP contribution >= 0.6 is 15.9 Å². The fraction of sp³-hybridized carbons (Fsp3) is 0.375. The third-order valence-corrected chi connectivity index (χ3v) is 2.15. The van der Waals surface area contributed by atoms with Crippen LogP contribution in [0.3, 0.4) is 0 Å². The zero-order valence-electron chi connectivity index (χ0n) is 7.16. The largest absolute Gasteiger partial charge is 0.481 e. The van der Waals surface area contributed by atoms with Crippen LogP contribution in [0.25, 0.3) is 0 Å². The first kappa shape index (κ1) is 10.4. The molecule has 0 aliphatic carbocycles. The Labute approximate surface area is 84.6 Å². The second-order valence-electron chi connectivity index (χ2n) is 2.26. The van der Waals surface area contributed by atoms with Crippen molar-refractivity contribution in [3.05, 3.63) is 22.3 Å². The number of aliphatic hydroxyl groups excluding tert-OH is 1. The topological polar surface area (TPSA) is 51.6 Å². The molecule has 1 aromatic heterocycles. The van der Waals surface area contributed by atoms with E-state index in [1.54, 1.807) is 13.2 Å². The zero-order chi connectivity index (χ0) is 9.68. The number of halogens is 1. The minimum Gasteiger partial charge on any atom is -0.481 e. The van der Waals surface area contributed by atoms with E-state index in [2.05, 4.69) is 20.9 Å². The van der Waals surface area contributed by atoms with Crippen LogP contribution in [0, 0.1) is 0 Å². The molecule has 0 aromatic carbocycles. The summed E-state index contributed by atoms with van der Waals surface area (Å²) in [5.74, 6) is 0.528. The lowest BCUT2D eigenvalue weighted by Gasteiger charge is -2.05. The number of aliphatic hydroxyl groups is 1. The summed E-state index contributed by atoms with van der Waals surface area (Å²) in [6, 6.07) is 3.56. The quantitative estimate of drug-likeness (QED) is 0.816. The molecule has 0 fully saturated rings. The molecule has 0 saturated carbocycles. The van der Waals surface area contributed by atoms with E-state index in [0.717, 1.165) is 4.47 Å². The van der Waals surface area contributed by atoms with Crippen molar-refractivity contribution in [3.63, 3.8) is 0 Å². The molecule has 72 valence electrons. The predicted molar refractivity (Wildman–Crippen MR) is 50.4 cm³/mol. The molecule has 0 saturated heterocycles. The lowest BCUT2D eigenvalue weighted by Crippen LogP contribution is -1.99. The molecule has 0 aliphatic heterocycles. The van der Waals surface area contributed by atoms with Gasteiger partial charge < -0.3 is 14.6 Å². The minimum absolute atomic E-state index is 0.258. The molecule has 0 unspecified atom stereocenters. The molecule has 1 aromatic rings. The molecule has 5 heteroatoms. The van der Waals surface area contributed by atoms with Crippen LogP contribution in [0.4, 0.5) is 0 Å². The fourth-order valence-electron chi connectivity index (χ4n) is 0.822. The standard InChI is InChI=1S/C8H10BrNO3/c1-12-8-3-2-6(9)7(10-8)4-13-5-11/h2-3,11H,4-5H2,1H3. The monoisotopic (exact) mass is 247 g/mol. The summed E-state index contributed by atoms with van der Waals surface area (Å²) < 4.78 is 10.6. The number of rotatable bonds is 4. The zero-order valence-corrected chi connectivity index (χ0v) is 8.74. The highest BCUT2D eigenvalue weighted by molar-refractivity contribution is 9.10. The van der Waals surface area contributed by atoms with E-state index in [1.165, 1.54) is 0 Å². The lowest BCUT2D eigenvalue weighted by atomic mass is 10.4. The van der Waals surface area contributed by atoms with Crippen LogP contribution in [0.2, 0.25) is 0 Å². The first-order valence-electron chi connectivity index (χ1n) is 3.66. The van der Waals surface area contributed by atoms with E-state index in [1.807, 2.05) is 6.07 Å². The van der Waals surface area contributed by atoms with Crippen molar-refractivity contribution in [1.29, 1.82) is 0 Å². The number of hydrogen-bond acceptors (Lipinski definition) is 4. The minimum atomic E-state index is -0.314. The molecular weight excluding hydrogens is 238 g/mol. The van der Waals surface area contributed by atoms with Gasteiger partial charge in [-0.05, 0) is 22.0 Å². The SMILES string of the molecule is COc1ccc(Br)c(COCO)n1. The lowest BCUT2D eigenvalue weighted by molar-refractivity contribution is -0.0128. The molecule has 0 atom stereocenters. The summed E-state index contributed by atoms with van der Waals surface area (Å²) in [4.78, 5) is 4.12. The summed E-state index contributed by atoms with van der Waals surface area (Å²) >= 11 is 3.31. The number of hydrogen-bond donors (Lipinski definition) is 1. The van der Waals surface area contributed by atoms with Crippen LogP contribution in [0.15, 0.2) is 16.6 Å². The van der Waals surface area contributed by atoms with Gasteiger partial charge in [-0.2, -0.15) is 0 Å². The van der Waals surface area contributed by atoms with Crippen molar-refractivity contribution < 1.29 is 14.6 Å². The summed E-state index contributed by atoms with van der Waals surface area (Å²) in [6.45, 7) is -0.0559. The van der Waals surface area contributed by atoms with Gasteiger partial charge >= 0.3 is 0 Å². The molecule has 0 aliphatic rings. The summed E-state index contributed by atoms with van der Waals surface area (Å²) in [5, 5.41) is 8.45. The molecule has 0 bridgehead atoms. The van der Waals surface area contributed by atoms with E-state index < -0.39 is 0 Å². The van der Waals surface area contributed by atoms with Gasteiger partial charge in [0.25, 0.3) is 0 Å². The summed E-state index contributed by atoms with van der Waals surface area (Å²) in [5.41, 5.74) is 0.702. The van der Waals surface area contributed by atoms with Gasteiger partial charge in [-0.3, -0.25) is 0 Å². The average Bonchev–Trinajstić information content (AvgIpc) is 2.17. The number of ether oxygens (including phenoxy) is 2. The third kappa shape index (κ3) is 2.95. The normalized spacial score (nSPS) is 10.1. The smallest absolute Gasteiger partial charge is 0.213 e. The van der Waals surface area contributed by atoms with Gasteiger partial charge in [-0.1, -0.05) is 0 Å². The predicted octanol–water partition coefficient (Wildman–Crippen LogP) is 1.32. The summed E-state index contributed by atoms with van der Waals surface area (Å²) in [6.07, 6.45) is 0. The van der Waals surface area contributed by atoms with Crippen LogP contribution in [0.1, 0.15) is 5.69 Å². The Kier molecular flexibility index (Phi) is 4.14. The molecule has 13 heavy (non-hydrogen) atoms. The molecule has 1 heterocycles. The Balaban J connectivity index is 2.78.